The predicted molar refractivity (Wildman–Crippen MR) is 70.2 cm³/mol. The van der Waals surface area contributed by atoms with Gasteiger partial charge < -0.3 is 9.97 Å². The molecular weight excluding hydrogens is 246 g/mol. The molecule has 0 fully saturated rings. The fourth-order valence-corrected chi connectivity index (χ4v) is 1.65. The van der Waals surface area contributed by atoms with Gasteiger partial charge in [-0.05, 0) is 6.92 Å². The van der Waals surface area contributed by atoms with E-state index >= 15 is 0 Å². The number of carbonyl (C=O) groups is 1. The Morgan fingerprint density at radius 2 is 2.16 bits per heavy atom. The molecule has 1 amide bonds. The standard InChI is InChI=1S/C12H15N5O2/c1-6(2)9-15-7(3)8(10(18)16-9)11(19)17-12-13-4-5-14-12/h4-6H,1-3H3,(H,15,16,18)(H2,13,14,17,19). The summed E-state index contributed by atoms with van der Waals surface area (Å²) in [5.74, 6) is 0.416. The van der Waals surface area contributed by atoms with E-state index in [9.17, 15) is 9.59 Å². The third-order valence-corrected chi connectivity index (χ3v) is 2.62. The van der Waals surface area contributed by atoms with Crippen molar-refractivity contribution in [2.24, 2.45) is 0 Å². The van der Waals surface area contributed by atoms with Crippen molar-refractivity contribution in [1.29, 1.82) is 0 Å². The minimum absolute atomic E-state index is 0.000741. The third-order valence-electron chi connectivity index (χ3n) is 2.62. The average molecular weight is 261 g/mol. The van der Waals surface area contributed by atoms with Gasteiger partial charge in [-0.1, -0.05) is 13.8 Å². The molecular formula is C12H15N5O2. The second kappa shape index (κ2) is 5.05. The Balaban J connectivity index is 2.35. The number of nitrogens with one attached hydrogen (secondary N) is 3. The molecule has 0 aliphatic heterocycles. The maximum atomic E-state index is 12.0. The Kier molecular flexibility index (Phi) is 3.46. The smallest absolute Gasteiger partial charge is 0.265 e. The molecule has 19 heavy (non-hydrogen) atoms. The van der Waals surface area contributed by atoms with Gasteiger partial charge >= 0.3 is 0 Å². The van der Waals surface area contributed by atoms with Gasteiger partial charge in [-0.15, -0.1) is 0 Å². The van der Waals surface area contributed by atoms with E-state index in [1.54, 1.807) is 13.1 Å². The van der Waals surface area contributed by atoms with Crippen LogP contribution in [0.25, 0.3) is 0 Å². The molecule has 2 rings (SSSR count). The number of aromatic amines is 2. The van der Waals surface area contributed by atoms with E-state index in [0.29, 0.717) is 11.5 Å². The first kappa shape index (κ1) is 13.0. The summed E-state index contributed by atoms with van der Waals surface area (Å²) in [5, 5.41) is 2.50. The van der Waals surface area contributed by atoms with Crippen molar-refractivity contribution < 1.29 is 4.79 Å². The summed E-state index contributed by atoms with van der Waals surface area (Å²) in [5.41, 5.74) is -0.0439. The first-order chi connectivity index (χ1) is 8.99. The van der Waals surface area contributed by atoms with Crippen LogP contribution in [0.4, 0.5) is 5.95 Å². The minimum Gasteiger partial charge on any atom is -0.331 e. The summed E-state index contributed by atoms with van der Waals surface area (Å²) in [6.07, 6.45) is 3.08. The van der Waals surface area contributed by atoms with Gasteiger partial charge in [0.15, 0.2) is 0 Å². The number of hydrogen-bond donors (Lipinski definition) is 3. The largest absolute Gasteiger partial charge is 0.331 e. The summed E-state index contributed by atoms with van der Waals surface area (Å²) < 4.78 is 0. The number of hydrogen-bond acceptors (Lipinski definition) is 4. The van der Waals surface area contributed by atoms with Crippen molar-refractivity contribution >= 4 is 11.9 Å². The van der Waals surface area contributed by atoms with Crippen molar-refractivity contribution in [3.05, 3.63) is 39.8 Å². The van der Waals surface area contributed by atoms with E-state index in [1.165, 1.54) is 6.20 Å². The summed E-state index contributed by atoms with van der Waals surface area (Å²) in [4.78, 5) is 37.4. The van der Waals surface area contributed by atoms with Crippen molar-refractivity contribution in [2.45, 2.75) is 26.7 Å². The zero-order valence-corrected chi connectivity index (χ0v) is 10.9. The Morgan fingerprint density at radius 1 is 1.42 bits per heavy atom. The van der Waals surface area contributed by atoms with Gasteiger partial charge in [0.05, 0.1) is 5.69 Å². The van der Waals surface area contributed by atoms with Crippen LogP contribution >= 0.6 is 0 Å². The minimum atomic E-state index is -0.531. The molecule has 0 aliphatic carbocycles. The Bertz CT molecular complexity index is 643. The summed E-state index contributed by atoms with van der Waals surface area (Å²) in [6, 6.07) is 0. The molecule has 0 unspecified atom stereocenters. The van der Waals surface area contributed by atoms with Crippen LogP contribution in [0.5, 0.6) is 0 Å². The van der Waals surface area contributed by atoms with Crippen molar-refractivity contribution in [3.8, 4) is 0 Å². The van der Waals surface area contributed by atoms with Gasteiger partial charge in [-0.25, -0.2) is 9.97 Å². The molecule has 0 saturated heterocycles. The number of carbonyl (C=O) groups excluding carboxylic acids is 1. The van der Waals surface area contributed by atoms with Gasteiger partial charge in [0.25, 0.3) is 11.5 Å². The van der Waals surface area contributed by atoms with Crippen LogP contribution in [0, 0.1) is 6.92 Å². The monoisotopic (exact) mass is 261 g/mol. The highest BCUT2D eigenvalue weighted by molar-refractivity contribution is 6.03. The zero-order valence-electron chi connectivity index (χ0n) is 10.9. The van der Waals surface area contributed by atoms with Crippen molar-refractivity contribution in [1.82, 2.24) is 19.9 Å². The number of aryl methyl sites for hydroxylation is 1. The van der Waals surface area contributed by atoms with Crippen LogP contribution in [-0.4, -0.2) is 25.8 Å². The quantitative estimate of drug-likeness (QED) is 0.771. The van der Waals surface area contributed by atoms with Gasteiger partial charge in [0.1, 0.15) is 11.4 Å². The first-order valence-corrected chi connectivity index (χ1v) is 5.90. The van der Waals surface area contributed by atoms with Gasteiger partial charge in [-0.3, -0.25) is 14.9 Å². The van der Waals surface area contributed by atoms with Gasteiger partial charge in [0.2, 0.25) is 5.95 Å². The molecule has 2 aromatic heterocycles. The third kappa shape index (κ3) is 2.70. The second-order valence-corrected chi connectivity index (χ2v) is 4.46. The number of H-pyrrole nitrogens is 2. The predicted octanol–water partition coefficient (Wildman–Crippen LogP) is 1.18. The van der Waals surface area contributed by atoms with Crippen LogP contribution in [0.3, 0.4) is 0 Å². The molecule has 2 aromatic rings. The molecule has 0 aromatic carbocycles. The SMILES string of the molecule is Cc1nc(C(C)C)[nH]c(=O)c1C(=O)Nc1ncc[nH]1. The van der Waals surface area contributed by atoms with E-state index in [0.717, 1.165) is 0 Å². The first-order valence-electron chi connectivity index (χ1n) is 5.90. The van der Waals surface area contributed by atoms with Crippen LogP contribution in [0.1, 0.15) is 41.6 Å². The molecule has 2 heterocycles. The van der Waals surface area contributed by atoms with Crippen molar-refractivity contribution in [3.63, 3.8) is 0 Å². The molecule has 0 bridgehead atoms. The van der Waals surface area contributed by atoms with Crippen LogP contribution in [-0.2, 0) is 0 Å². The summed E-state index contributed by atoms with van der Waals surface area (Å²) in [6.45, 7) is 5.47. The average Bonchev–Trinajstić information content (AvgIpc) is 2.80. The highest BCUT2D eigenvalue weighted by Gasteiger charge is 2.17. The summed E-state index contributed by atoms with van der Waals surface area (Å²) in [7, 11) is 0. The normalized spacial score (nSPS) is 10.7. The van der Waals surface area contributed by atoms with E-state index in [1.807, 2.05) is 13.8 Å². The molecule has 0 atom stereocenters. The number of amides is 1. The number of anilines is 1. The lowest BCUT2D eigenvalue weighted by atomic mass is 10.1. The maximum absolute atomic E-state index is 12.0. The number of imidazole rings is 1. The molecule has 0 spiro atoms. The molecule has 0 aliphatic rings. The van der Waals surface area contributed by atoms with Crippen LogP contribution in [0.2, 0.25) is 0 Å². The zero-order chi connectivity index (χ0) is 14.0. The van der Waals surface area contributed by atoms with E-state index in [2.05, 4.69) is 25.3 Å². The van der Waals surface area contributed by atoms with E-state index in [-0.39, 0.29) is 17.4 Å². The number of aromatic nitrogens is 4. The lowest BCUT2D eigenvalue weighted by Gasteiger charge is -2.08. The lowest BCUT2D eigenvalue weighted by Crippen LogP contribution is -2.27. The molecule has 0 radical (unpaired) electrons. The van der Waals surface area contributed by atoms with Crippen LogP contribution < -0.4 is 10.9 Å². The lowest BCUT2D eigenvalue weighted by molar-refractivity contribution is 0.102. The molecule has 100 valence electrons. The molecule has 7 nitrogen and oxygen atoms in total. The maximum Gasteiger partial charge on any atom is 0.265 e. The fourth-order valence-electron chi connectivity index (χ4n) is 1.65. The van der Waals surface area contributed by atoms with E-state index in [4.69, 9.17) is 0 Å². The molecule has 0 saturated carbocycles. The Hall–Kier alpha value is -2.44. The Morgan fingerprint density at radius 3 is 2.68 bits per heavy atom. The van der Waals surface area contributed by atoms with Gasteiger partial charge in [0, 0.05) is 18.3 Å². The van der Waals surface area contributed by atoms with Gasteiger partial charge in [-0.2, -0.15) is 0 Å². The van der Waals surface area contributed by atoms with E-state index < -0.39 is 11.5 Å². The van der Waals surface area contributed by atoms with Crippen molar-refractivity contribution in [2.75, 3.05) is 5.32 Å². The summed E-state index contributed by atoms with van der Waals surface area (Å²) >= 11 is 0. The highest BCUT2D eigenvalue weighted by Crippen LogP contribution is 2.09. The second-order valence-electron chi connectivity index (χ2n) is 4.46. The highest BCUT2D eigenvalue weighted by atomic mass is 16.2. The number of nitrogens with zero attached hydrogens (tertiary/aromatic N) is 2. The fraction of sp³-hybridized carbons (Fsp3) is 0.333. The Labute approximate surface area is 109 Å². The molecule has 7 heteroatoms. The number of rotatable bonds is 3. The van der Waals surface area contributed by atoms with Crippen LogP contribution in [0.15, 0.2) is 17.2 Å². The molecule has 3 N–H and O–H groups in total. The topological polar surface area (TPSA) is 104 Å².